The first kappa shape index (κ1) is 14.6. The highest BCUT2D eigenvalue weighted by Crippen LogP contribution is 2.41. The van der Waals surface area contributed by atoms with Crippen molar-refractivity contribution < 1.29 is 4.79 Å². The van der Waals surface area contributed by atoms with Gasteiger partial charge in [-0.2, -0.15) is 0 Å². The molecular weight excluding hydrogens is 282 g/mol. The van der Waals surface area contributed by atoms with Gasteiger partial charge < -0.3 is 0 Å². The van der Waals surface area contributed by atoms with Crippen LogP contribution in [0.2, 0.25) is 0 Å². The lowest BCUT2D eigenvalue weighted by atomic mass is 9.71. The predicted molar refractivity (Wildman–Crippen MR) is 92.4 cm³/mol. The van der Waals surface area contributed by atoms with Gasteiger partial charge in [0.25, 0.3) is 0 Å². The molecule has 4 unspecified atom stereocenters. The van der Waals surface area contributed by atoms with Crippen LogP contribution in [-0.2, 0) is 4.79 Å². The monoisotopic (exact) mass is 305 g/mol. The van der Waals surface area contributed by atoms with Crippen LogP contribution in [-0.4, -0.2) is 29.3 Å². The van der Waals surface area contributed by atoms with Gasteiger partial charge in [0.1, 0.15) is 0 Å². The number of benzene rings is 2. The van der Waals surface area contributed by atoms with Gasteiger partial charge in [0.2, 0.25) is 0 Å². The fraction of sp³-hybridized carbons (Fsp3) is 0.381. The summed E-state index contributed by atoms with van der Waals surface area (Å²) >= 11 is 0. The summed E-state index contributed by atoms with van der Waals surface area (Å²) in [6.07, 6.45) is 2.07. The van der Waals surface area contributed by atoms with Crippen LogP contribution >= 0.6 is 0 Å². The Bertz CT molecular complexity index is 642. The molecule has 2 aromatic carbocycles. The Morgan fingerprint density at radius 3 is 2.04 bits per heavy atom. The normalized spacial score (nSPS) is 29.9. The molecule has 0 amide bonds. The number of fused-ring (bicyclic) bond motifs is 3. The highest BCUT2D eigenvalue weighted by molar-refractivity contribution is 5.89. The summed E-state index contributed by atoms with van der Waals surface area (Å²) in [5.74, 6) is 0.845. The summed E-state index contributed by atoms with van der Waals surface area (Å²) in [7, 11) is 0. The zero-order valence-corrected chi connectivity index (χ0v) is 13.6. The molecule has 2 aromatic rings. The minimum absolute atomic E-state index is 0.0118. The van der Waals surface area contributed by atoms with Crippen LogP contribution in [0.4, 0.5) is 0 Å². The van der Waals surface area contributed by atoms with Gasteiger partial charge in [-0.1, -0.05) is 60.7 Å². The third-order valence-corrected chi connectivity index (χ3v) is 5.61. The number of rotatable bonds is 3. The number of nitrogens with zero attached hydrogens (tertiary/aromatic N) is 1. The first-order valence-electron chi connectivity index (χ1n) is 8.65. The second-order valence-electron chi connectivity index (χ2n) is 6.95. The minimum Gasteiger partial charge on any atom is -0.298 e. The van der Waals surface area contributed by atoms with E-state index in [0.29, 0.717) is 11.8 Å². The minimum atomic E-state index is -0.0118. The molecule has 2 bridgehead atoms. The zero-order valence-electron chi connectivity index (χ0n) is 13.6. The predicted octanol–water partition coefficient (Wildman–Crippen LogP) is 3.87. The van der Waals surface area contributed by atoms with E-state index in [1.54, 1.807) is 0 Å². The van der Waals surface area contributed by atoms with Gasteiger partial charge in [-0.3, -0.25) is 9.69 Å². The molecule has 0 N–H and O–H groups in total. The first-order valence-corrected chi connectivity index (χ1v) is 8.65. The topological polar surface area (TPSA) is 20.3 Å². The smallest absolute Gasteiger partial charge is 0.154 e. The van der Waals surface area contributed by atoms with Crippen molar-refractivity contribution in [3.05, 3.63) is 71.8 Å². The van der Waals surface area contributed by atoms with Gasteiger partial charge in [-0.25, -0.2) is 0 Å². The van der Waals surface area contributed by atoms with E-state index in [9.17, 15) is 4.79 Å². The number of hydrogen-bond donors (Lipinski definition) is 0. The van der Waals surface area contributed by atoms with Gasteiger partial charge in [0.05, 0.1) is 6.04 Å². The van der Waals surface area contributed by atoms with Crippen LogP contribution in [0.15, 0.2) is 60.7 Å². The molecule has 3 saturated heterocycles. The summed E-state index contributed by atoms with van der Waals surface area (Å²) < 4.78 is 0. The number of piperidine rings is 3. The van der Waals surface area contributed by atoms with Crippen LogP contribution in [0.3, 0.4) is 0 Å². The maximum Gasteiger partial charge on any atom is 0.154 e. The Morgan fingerprint density at radius 1 is 0.957 bits per heavy atom. The Morgan fingerprint density at radius 2 is 1.52 bits per heavy atom. The number of ketones is 1. The lowest BCUT2D eigenvalue weighted by molar-refractivity contribution is -0.141. The van der Waals surface area contributed by atoms with Crippen molar-refractivity contribution in [2.24, 2.45) is 5.92 Å². The third-order valence-electron chi connectivity index (χ3n) is 5.61. The van der Waals surface area contributed by atoms with Crippen LogP contribution in [0, 0.1) is 5.92 Å². The Hall–Kier alpha value is -1.93. The molecule has 3 aliphatic rings. The number of hydrogen-bond acceptors (Lipinski definition) is 2. The van der Waals surface area contributed by atoms with Crippen LogP contribution < -0.4 is 0 Å². The molecule has 2 nitrogen and oxygen atoms in total. The SMILES string of the molecule is CC1CC2CCN1C(C(c1ccccc1)c1ccccc1)C2=O. The molecule has 23 heavy (non-hydrogen) atoms. The largest absolute Gasteiger partial charge is 0.298 e. The average Bonchev–Trinajstić information content (AvgIpc) is 2.60. The van der Waals surface area contributed by atoms with Crippen molar-refractivity contribution in [1.29, 1.82) is 0 Å². The van der Waals surface area contributed by atoms with Gasteiger partial charge >= 0.3 is 0 Å². The maximum absolute atomic E-state index is 13.1. The molecule has 118 valence electrons. The fourth-order valence-corrected chi connectivity index (χ4v) is 4.50. The molecule has 0 saturated carbocycles. The summed E-state index contributed by atoms with van der Waals surface area (Å²) in [5.41, 5.74) is 2.49. The Kier molecular flexibility index (Phi) is 3.78. The molecule has 4 atom stereocenters. The Labute approximate surface area is 138 Å². The van der Waals surface area contributed by atoms with Crippen molar-refractivity contribution in [1.82, 2.24) is 4.90 Å². The number of carbonyl (C=O) groups excluding carboxylic acids is 1. The second-order valence-corrected chi connectivity index (χ2v) is 6.95. The molecule has 0 radical (unpaired) electrons. The molecule has 3 heterocycles. The summed E-state index contributed by atoms with van der Waals surface area (Å²) in [6, 6.07) is 21.6. The second kappa shape index (κ2) is 5.93. The van der Waals surface area contributed by atoms with Gasteiger partial charge in [-0.05, 0) is 37.4 Å². The Balaban J connectivity index is 1.81. The molecular formula is C21H23NO. The van der Waals surface area contributed by atoms with E-state index in [-0.39, 0.29) is 17.9 Å². The van der Waals surface area contributed by atoms with Crippen LogP contribution in [0.5, 0.6) is 0 Å². The lowest BCUT2D eigenvalue weighted by Gasteiger charge is -2.51. The fourth-order valence-electron chi connectivity index (χ4n) is 4.50. The van der Waals surface area contributed by atoms with E-state index in [0.717, 1.165) is 19.4 Å². The van der Waals surface area contributed by atoms with E-state index in [4.69, 9.17) is 0 Å². The molecule has 2 heteroatoms. The van der Waals surface area contributed by atoms with E-state index >= 15 is 0 Å². The van der Waals surface area contributed by atoms with E-state index in [1.165, 1.54) is 11.1 Å². The van der Waals surface area contributed by atoms with Crippen molar-refractivity contribution >= 4 is 5.78 Å². The highest BCUT2D eigenvalue weighted by Gasteiger charge is 2.48. The summed E-state index contributed by atoms with van der Waals surface area (Å²) in [6.45, 7) is 3.33. The van der Waals surface area contributed by atoms with Gasteiger partial charge in [0.15, 0.2) is 5.78 Å². The highest BCUT2D eigenvalue weighted by atomic mass is 16.1. The number of carbonyl (C=O) groups is 1. The first-order chi connectivity index (χ1) is 11.3. The van der Waals surface area contributed by atoms with E-state index in [2.05, 4.69) is 60.4 Å². The third kappa shape index (κ3) is 2.51. The molecule has 5 rings (SSSR count). The van der Waals surface area contributed by atoms with Crippen LogP contribution in [0.25, 0.3) is 0 Å². The molecule has 3 aliphatic heterocycles. The van der Waals surface area contributed by atoms with Crippen molar-refractivity contribution in [3.63, 3.8) is 0 Å². The van der Waals surface area contributed by atoms with Crippen molar-refractivity contribution in [2.45, 2.75) is 37.8 Å². The lowest BCUT2D eigenvalue weighted by Crippen LogP contribution is -2.61. The zero-order chi connectivity index (χ0) is 15.8. The summed E-state index contributed by atoms with van der Waals surface area (Å²) in [5, 5.41) is 0. The van der Waals surface area contributed by atoms with E-state index < -0.39 is 0 Å². The average molecular weight is 305 g/mol. The van der Waals surface area contributed by atoms with Crippen molar-refractivity contribution in [3.8, 4) is 0 Å². The van der Waals surface area contributed by atoms with Crippen molar-refractivity contribution in [2.75, 3.05) is 6.54 Å². The molecule has 0 aromatic heterocycles. The maximum atomic E-state index is 13.1. The molecule has 0 spiro atoms. The molecule has 3 fully saturated rings. The molecule has 0 aliphatic carbocycles. The van der Waals surface area contributed by atoms with Gasteiger partial charge in [0, 0.05) is 17.9 Å². The number of Topliss-reactive ketones (excluding diaryl/α,β-unsaturated/α-hetero) is 1. The van der Waals surface area contributed by atoms with E-state index in [1.807, 2.05) is 12.1 Å². The quantitative estimate of drug-likeness (QED) is 0.858. The standard InChI is InChI=1S/C21H23NO/c1-15-14-18-12-13-22(15)20(21(18)23)19(16-8-4-2-5-9-16)17-10-6-3-7-11-17/h2-11,15,18-20H,12-14H2,1H3. The van der Waals surface area contributed by atoms with Crippen LogP contribution in [0.1, 0.15) is 36.8 Å². The summed E-state index contributed by atoms with van der Waals surface area (Å²) in [4.78, 5) is 15.5. The van der Waals surface area contributed by atoms with Gasteiger partial charge in [-0.15, -0.1) is 0 Å².